The molecule has 1 atom stereocenters. The molecule has 2 aromatic carbocycles. The van der Waals surface area contributed by atoms with Crippen LogP contribution in [0, 0.1) is 5.82 Å². The van der Waals surface area contributed by atoms with Crippen LogP contribution >= 0.6 is 11.6 Å². The van der Waals surface area contributed by atoms with E-state index < -0.39 is 5.97 Å². The fourth-order valence-corrected chi connectivity index (χ4v) is 4.11. The number of pyridine rings is 2. The summed E-state index contributed by atoms with van der Waals surface area (Å²) in [4.78, 5) is 32.9. The van der Waals surface area contributed by atoms with Crippen molar-refractivity contribution in [1.82, 2.24) is 15.3 Å². The van der Waals surface area contributed by atoms with Crippen LogP contribution in [0.15, 0.2) is 66.9 Å². The second-order valence-electron chi connectivity index (χ2n) is 8.62. The van der Waals surface area contributed by atoms with Gasteiger partial charge >= 0.3 is 5.97 Å². The molecule has 0 spiro atoms. The van der Waals surface area contributed by atoms with Crippen LogP contribution in [-0.2, 0) is 11.2 Å². The second kappa shape index (κ2) is 11.3. The molecular formula is C28H25ClFN3O3. The van der Waals surface area contributed by atoms with Crippen molar-refractivity contribution in [2.75, 3.05) is 0 Å². The van der Waals surface area contributed by atoms with E-state index in [0.29, 0.717) is 46.6 Å². The molecule has 1 amide bonds. The van der Waals surface area contributed by atoms with Gasteiger partial charge in [0.25, 0.3) is 5.91 Å². The number of carbonyl (C=O) groups is 2. The Balaban J connectivity index is 1.62. The summed E-state index contributed by atoms with van der Waals surface area (Å²) in [6.07, 6.45) is 3.34. The molecule has 2 aromatic heterocycles. The number of hydrogen-bond donors (Lipinski definition) is 2. The van der Waals surface area contributed by atoms with Crippen molar-refractivity contribution in [2.24, 2.45) is 0 Å². The number of hydrogen-bond acceptors (Lipinski definition) is 4. The van der Waals surface area contributed by atoms with E-state index in [2.05, 4.69) is 10.3 Å². The average Bonchev–Trinajstić information content (AvgIpc) is 2.86. The van der Waals surface area contributed by atoms with Crippen LogP contribution in [-0.4, -0.2) is 27.0 Å². The summed E-state index contributed by atoms with van der Waals surface area (Å²) in [6.45, 7) is 1.89. The van der Waals surface area contributed by atoms with Crippen molar-refractivity contribution in [3.05, 3.63) is 94.4 Å². The van der Waals surface area contributed by atoms with Gasteiger partial charge in [-0.1, -0.05) is 23.7 Å². The van der Waals surface area contributed by atoms with Crippen molar-refractivity contribution in [1.29, 1.82) is 0 Å². The molecule has 6 nitrogen and oxygen atoms in total. The maximum absolute atomic E-state index is 13.5. The molecule has 0 unspecified atom stereocenters. The van der Waals surface area contributed by atoms with E-state index in [1.807, 2.05) is 25.1 Å². The molecule has 0 fully saturated rings. The third-order valence-corrected chi connectivity index (χ3v) is 6.18. The number of aryl methyl sites for hydroxylation is 1. The van der Waals surface area contributed by atoms with Crippen molar-refractivity contribution >= 4 is 34.5 Å². The highest BCUT2D eigenvalue weighted by Crippen LogP contribution is 2.27. The molecule has 0 aliphatic rings. The monoisotopic (exact) mass is 505 g/mol. The zero-order chi connectivity index (χ0) is 25.7. The van der Waals surface area contributed by atoms with Crippen LogP contribution in [0.2, 0.25) is 5.02 Å². The number of nitrogens with zero attached hydrogens (tertiary/aromatic N) is 2. The molecule has 0 radical (unpaired) electrons. The third-order valence-electron chi connectivity index (χ3n) is 5.93. The number of aromatic nitrogens is 2. The molecule has 0 saturated heterocycles. The first-order valence-corrected chi connectivity index (χ1v) is 12.0. The number of nitrogens with one attached hydrogen (secondary N) is 1. The lowest BCUT2D eigenvalue weighted by Gasteiger charge is -2.15. The summed E-state index contributed by atoms with van der Waals surface area (Å²) in [5.41, 5.74) is 4.08. The van der Waals surface area contributed by atoms with Gasteiger partial charge in [0.05, 0.1) is 17.3 Å². The van der Waals surface area contributed by atoms with Crippen molar-refractivity contribution in [3.8, 4) is 11.3 Å². The van der Waals surface area contributed by atoms with Crippen LogP contribution < -0.4 is 5.32 Å². The predicted octanol–water partition coefficient (Wildman–Crippen LogP) is 6.38. The van der Waals surface area contributed by atoms with Crippen molar-refractivity contribution < 1.29 is 19.1 Å². The Kier molecular flexibility index (Phi) is 7.90. The van der Waals surface area contributed by atoms with Gasteiger partial charge in [0.1, 0.15) is 5.82 Å². The first-order valence-electron chi connectivity index (χ1n) is 11.6. The number of carbonyl (C=O) groups excluding carboxylic acids is 1. The summed E-state index contributed by atoms with van der Waals surface area (Å²) in [6, 6.07) is 16.8. The molecule has 2 N–H and O–H groups in total. The van der Waals surface area contributed by atoms with Crippen molar-refractivity contribution in [2.45, 2.75) is 38.6 Å². The Morgan fingerprint density at radius 1 is 1.06 bits per heavy atom. The largest absolute Gasteiger partial charge is 0.481 e. The van der Waals surface area contributed by atoms with Gasteiger partial charge in [-0.25, -0.2) is 14.4 Å². The highest BCUT2D eigenvalue weighted by Gasteiger charge is 2.15. The number of carboxylic acids is 1. The Morgan fingerprint density at radius 3 is 2.47 bits per heavy atom. The van der Waals surface area contributed by atoms with Gasteiger partial charge in [-0.3, -0.25) is 9.59 Å². The minimum atomic E-state index is -0.835. The van der Waals surface area contributed by atoms with E-state index in [4.69, 9.17) is 21.7 Å². The Morgan fingerprint density at radius 2 is 1.78 bits per heavy atom. The van der Waals surface area contributed by atoms with Crippen LogP contribution in [0.5, 0.6) is 0 Å². The summed E-state index contributed by atoms with van der Waals surface area (Å²) in [5, 5.41) is 13.2. The number of fused-ring (bicyclic) bond motifs is 1. The van der Waals surface area contributed by atoms with E-state index in [9.17, 15) is 14.0 Å². The minimum absolute atomic E-state index is 0.0879. The SMILES string of the molecule is C[C@H](NC(=O)c1cnc2nc(-c3ccc(F)cc3)c(CCCCC(=O)O)cc2c1)c1ccc(Cl)cc1. The van der Waals surface area contributed by atoms with E-state index in [1.54, 1.807) is 30.3 Å². The Hall–Kier alpha value is -3.84. The normalized spacial score (nSPS) is 11.9. The van der Waals surface area contributed by atoms with Crippen molar-refractivity contribution in [3.63, 3.8) is 0 Å². The zero-order valence-electron chi connectivity index (χ0n) is 19.7. The fraction of sp³-hybridized carbons (Fsp3) is 0.214. The molecular weight excluding hydrogens is 481 g/mol. The Bertz CT molecular complexity index is 1390. The van der Waals surface area contributed by atoms with Gasteiger partial charge in [0.2, 0.25) is 0 Å². The average molecular weight is 506 g/mol. The third kappa shape index (κ3) is 6.23. The van der Waals surface area contributed by atoms with Gasteiger partial charge in [-0.15, -0.1) is 0 Å². The van der Waals surface area contributed by atoms with Gasteiger partial charge in [-0.05, 0) is 85.8 Å². The summed E-state index contributed by atoms with van der Waals surface area (Å²) >= 11 is 5.95. The molecule has 0 aliphatic heterocycles. The van der Waals surface area contributed by atoms with Gasteiger partial charge < -0.3 is 10.4 Å². The highest BCUT2D eigenvalue weighted by molar-refractivity contribution is 6.30. The van der Waals surface area contributed by atoms with E-state index in [-0.39, 0.29) is 24.2 Å². The smallest absolute Gasteiger partial charge is 0.303 e. The second-order valence-corrected chi connectivity index (χ2v) is 9.06. The lowest BCUT2D eigenvalue weighted by Crippen LogP contribution is -2.26. The van der Waals surface area contributed by atoms with Crippen LogP contribution in [0.25, 0.3) is 22.3 Å². The maximum Gasteiger partial charge on any atom is 0.303 e. The predicted molar refractivity (Wildman–Crippen MR) is 137 cm³/mol. The minimum Gasteiger partial charge on any atom is -0.481 e. The molecule has 4 aromatic rings. The standard InChI is InChI=1S/C28H25ClFN3O3/c1-17(18-6-10-23(29)11-7-18)32-28(36)22-15-21-14-20(4-2-3-5-25(34)35)26(33-27(21)31-16-22)19-8-12-24(30)13-9-19/h6-17H,2-5H2,1H3,(H,32,36)(H,34,35)/t17-/m0/s1. The topological polar surface area (TPSA) is 92.2 Å². The quantitative estimate of drug-likeness (QED) is 0.257. The summed E-state index contributed by atoms with van der Waals surface area (Å²) in [7, 11) is 0. The number of aliphatic carboxylic acids is 1. The van der Waals surface area contributed by atoms with E-state index in [1.165, 1.54) is 18.3 Å². The van der Waals surface area contributed by atoms with Crippen LogP contribution in [0.3, 0.4) is 0 Å². The number of benzene rings is 2. The molecule has 2 heterocycles. The zero-order valence-corrected chi connectivity index (χ0v) is 20.4. The fourth-order valence-electron chi connectivity index (χ4n) is 3.99. The highest BCUT2D eigenvalue weighted by atomic mass is 35.5. The van der Waals surface area contributed by atoms with Gasteiger partial charge in [0, 0.05) is 28.6 Å². The number of carboxylic acid groups (broad SMARTS) is 1. The molecule has 0 bridgehead atoms. The summed E-state index contributed by atoms with van der Waals surface area (Å²) in [5.74, 6) is -1.44. The first-order chi connectivity index (χ1) is 17.3. The molecule has 8 heteroatoms. The van der Waals surface area contributed by atoms with Crippen LogP contribution in [0.1, 0.15) is 53.7 Å². The molecule has 36 heavy (non-hydrogen) atoms. The van der Waals surface area contributed by atoms with Gasteiger partial charge in [-0.2, -0.15) is 0 Å². The summed E-state index contributed by atoms with van der Waals surface area (Å²) < 4.78 is 13.5. The molecule has 0 saturated carbocycles. The van der Waals surface area contributed by atoms with Crippen LogP contribution in [0.4, 0.5) is 4.39 Å². The van der Waals surface area contributed by atoms with E-state index >= 15 is 0 Å². The number of unbranched alkanes of at least 4 members (excludes halogenated alkanes) is 1. The Labute approximate surface area is 213 Å². The maximum atomic E-state index is 13.5. The lowest BCUT2D eigenvalue weighted by molar-refractivity contribution is -0.137. The van der Waals surface area contributed by atoms with E-state index in [0.717, 1.165) is 16.7 Å². The number of halogens is 2. The molecule has 184 valence electrons. The first kappa shape index (κ1) is 25.3. The molecule has 0 aliphatic carbocycles. The lowest BCUT2D eigenvalue weighted by atomic mass is 9.99. The van der Waals surface area contributed by atoms with Gasteiger partial charge in [0.15, 0.2) is 5.65 Å². The molecule has 4 rings (SSSR count). The number of rotatable bonds is 9. The number of amides is 1.